The molecule has 2 rings (SSSR count). The van der Waals surface area contributed by atoms with Gasteiger partial charge in [-0.2, -0.15) is 5.10 Å². The topological polar surface area (TPSA) is 59.9 Å². The van der Waals surface area contributed by atoms with Crippen molar-refractivity contribution in [2.24, 2.45) is 0 Å². The van der Waals surface area contributed by atoms with Crippen LogP contribution in [0.3, 0.4) is 0 Å². The van der Waals surface area contributed by atoms with E-state index in [1.54, 1.807) is 13.3 Å². The van der Waals surface area contributed by atoms with Crippen molar-refractivity contribution in [1.29, 1.82) is 0 Å². The third-order valence-electron chi connectivity index (χ3n) is 3.31. The lowest BCUT2D eigenvalue weighted by molar-refractivity contribution is 0.411. The van der Waals surface area contributed by atoms with Gasteiger partial charge < -0.3 is 10.1 Å². The van der Waals surface area contributed by atoms with Crippen molar-refractivity contribution in [3.63, 3.8) is 0 Å². The Labute approximate surface area is 113 Å². The van der Waals surface area contributed by atoms with E-state index in [0.717, 1.165) is 28.0 Å². The van der Waals surface area contributed by atoms with E-state index >= 15 is 0 Å². The number of anilines is 1. The molecule has 1 N–H and O–H groups in total. The van der Waals surface area contributed by atoms with E-state index in [1.165, 1.54) is 0 Å². The summed E-state index contributed by atoms with van der Waals surface area (Å²) in [5.41, 5.74) is 4.31. The van der Waals surface area contributed by atoms with Gasteiger partial charge in [0.25, 0.3) is 0 Å². The Bertz CT molecular complexity index is 611. The molecule has 0 saturated carbocycles. The first-order valence-corrected chi connectivity index (χ1v) is 6.11. The molecule has 0 aliphatic carbocycles. The lowest BCUT2D eigenvalue weighted by Crippen LogP contribution is -2.02. The summed E-state index contributed by atoms with van der Waals surface area (Å²) in [4.78, 5) is 4.45. The van der Waals surface area contributed by atoms with Crippen molar-refractivity contribution in [1.82, 2.24) is 15.2 Å². The minimum Gasteiger partial charge on any atom is -0.496 e. The Morgan fingerprint density at radius 2 is 1.89 bits per heavy atom. The van der Waals surface area contributed by atoms with E-state index in [-0.39, 0.29) is 0 Å². The molecule has 0 amide bonds. The molecule has 5 heteroatoms. The fourth-order valence-corrected chi connectivity index (χ4v) is 2.13. The smallest absolute Gasteiger partial charge is 0.184 e. The summed E-state index contributed by atoms with van der Waals surface area (Å²) in [6, 6.07) is 2.01. The predicted octanol–water partition coefficient (Wildman–Crippen LogP) is 2.51. The van der Waals surface area contributed by atoms with Crippen molar-refractivity contribution in [3.8, 4) is 17.1 Å². The summed E-state index contributed by atoms with van der Waals surface area (Å²) in [7, 11) is 3.49. The molecule has 1 aromatic heterocycles. The summed E-state index contributed by atoms with van der Waals surface area (Å²) in [6.45, 7) is 6.11. The van der Waals surface area contributed by atoms with Crippen LogP contribution in [0.25, 0.3) is 11.4 Å². The first kappa shape index (κ1) is 13.3. The molecule has 0 bridgehead atoms. The van der Waals surface area contributed by atoms with E-state index < -0.39 is 0 Å². The maximum Gasteiger partial charge on any atom is 0.184 e. The maximum atomic E-state index is 5.37. The minimum absolute atomic E-state index is 0.632. The van der Waals surface area contributed by atoms with Crippen molar-refractivity contribution >= 4 is 5.82 Å². The number of nitrogens with one attached hydrogen (secondary N) is 1. The Kier molecular flexibility index (Phi) is 3.64. The van der Waals surface area contributed by atoms with E-state index in [2.05, 4.69) is 27.4 Å². The van der Waals surface area contributed by atoms with Crippen LogP contribution >= 0.6 is 0 Å². The number of ether oxygens (including phenoxy) is 1. The fourth-order valence-electron chi connectivity index (χ4n) is 2.13. The second-order valence-electron chi connectivity index (χ2n) is 4.44. The molecule has 1 heterocycles. The van der Waals surface area contributed by atoms with Crippen molar-refractivity contribution in [3.05, 3.63) is 29.0 Å². The highest BCUT2D eigenvalue weighted by Crippen LogP contribution is 2.32. The summed E-state index contributed by atoms with van der Waals surface area (Å²) in [5.74, 6) is 2.22. The first-order chi connectivity index (χ1) is 9.08. The molecule has 1 aromatic carbocycles. The molecule has 0 aliphatic heterocycles. The van der Waals surface area contributed by atoms with Crippen molar-refractivity contribution in [2.45, 2.75) is 20.8 Å². The predicted molar refractivity (Wildman–Crippen MR) is 75.6 cm³/mol. The zero-order valence-corrected chi connectivity index (χ0v) is 11.9. The van der Waals surface area contributed by atoms with Crippen LogP contribution < -0.4 is 10.1 Å². The van der Waals surface area contributed by atoms with Gasteiger partial charge in [-0.25, -0.2) is 4.98 Å². The van der Waals surface area contributed by atoms with E-state index in [4.69, 9.17) is 4.74 Å². The number of hydrogen-bond donors (Lipinski definition) is 1. The van der Waals surface area contributed by atoms with Crippen LogP contribution in [-0.4, -0.2) is 29.3 Å². The van der Waals surface area contributed by atoms with Crippen LogP contribution in [0.5, 0.6) is 5.75 Å². The quantitative estimate of drug-likeness (QED) is 0.916. The Morgan fingerprint density at radius 3 is 2.53 bits per heavy atom. The Hall–Kier alpha value is -2.17. The molecule has 5 nitrogen and oxygen atoms in total. The van der Waals surface area contributed by atoms with Crippen LogP contribution in [0.4, 0.5) is 5.82 Å². The van der Waals surface area contributed by atoms with Gasteiger partial charge in [-0.1, -0.05) is 0 Å². The minimum atomic E-state index is 0.632. The molecule has 2 aromatic rings. The van der Waals surface area contributed by atoms with Crippen LogP contribution in [0.15, 0.2) is 12.3 Å². The maximum absolute atomic E-state index is 5.37. The van der Waals surface area contributed by atoms with Gasteiger partial charge in [0, 0.05) is 12.6 Å². The summed E-state index contributed by atoms with van der Waals surface area (Å²) in [5, 5.41) is 11.1. The molecule has 19 heavy (non-hydrogen) atoms. The molecule has 0 unspecified atom stereocenters. The van der Waals surface area contributed by atoms with Gasteiger partial charge in [0.05, 0.1) is 13.3 Å². The van der Waals surface area contributed by atoms with Crippen molar-refractivity contribution in [2.75, 3.05) is 19.5 Å². The number of rotatable bonds is 3. The lowest BCUT2D eigenvalue weighted by atomic mass is 9.97. The molecular weight excluding hydrogens is 240 g/mol. The lowest BCUT2D eigenvalue weighted by Gasteiger charge is -2.15. The standard InChI is InChI=1S/C14H18N4O/c1-8-6-11(19-5)9(2)10(3)13(8)14-17-12(15-4)7-16-18-14/h6-7H,1-5H3,(H,15,17,18). The fraction of sp³-hybridized carbons (Fsp3) is 0.357. The second kappa shape index (κ2) is 5.22. The zero-order chi connectivity index (χ0) is 14.0. The Morgan fingerprint density at radius 1 is 1.16 bits per heavy atom. The Balaban J connectivity index is 2.65. The monoisotopic (exact) mass is 258 g/mol. The first-order valence-electron chi connectivity index (χ1n) is 6.11. The number of benzene rings is 1. The number of methoxy groups -OCH3 is 1. The van der Waals surface area contributed by atoms with E-state index in [1.807, 2.05) is 27.0 Å². The van der Waals surface area contributed by atoms with E-state index in [9.17, 15) is 0 Å². The summed E-state index contributed by atoms with van der Waals surface area (Å²) < 4.78 is 5.37. The van der Waals surface area contributed by atoms with Gasteiger partial charge in [0.1, 0.15) is 11.6 Å². The number of hydrogen-bond acceptors (Lipinski definition) is 5. The molecule has 0 radical (unpaired) electrons. The van der Waals surface area contributed by atoms with Gasteiger partial charge in [0.2, 0.25) is 0 Å². The molecule has 0 saturated heterocycles. The highest BCUT2D eigenvalue weighted by molar-refractivity contribution is 5.69. The van der Waals surface area contributed by atoms with Crippen LogP contribution in [-0.2, 0) is 0 Å². The molecule has 0 fully saturated rings. The molecular formula is C14H18N4O. The summed E-state index contributed by atoms with van der Waals surface area (Å²) >= 11 is 0. The second-order valence-corrected chi connectivity index (χ2v) is 4.44. The summed E-state index contributed by atoms with van der Waals surface area (Å²) in [6.07, 6.45) is 1.60. The average molecular weight is 258 g/mol. The molecule has 0 spiro atoms. The number of aryl methyl sites for hydroxylation is 1. The van der Waals surface area contributed by atoms with Gasteiger partial charge >= 0.3 is 0 Å². The third-order valence-corrected chi connectivity index (χ3v) is 3.31. The molecule has 0 atom stereocenters. The van der Waals surface area contributed by atoms with Crippen LogP contribution in [0, 0.1) is 20.8 Å². The van der Waals surface area contributed by atoms with E-state index in [0.29, 0.717) is 11.6 Å². The third kappa shape index (κ3) is 2.36. The largest absolute Gasteiger partial charge is 0.496 e. The SMILES string of the molecule is CNc1cnnc(-c2c(C)cc(OC)c(C)c2C)n1. The van der Waals surface area contributed by atoms with Crippen LogP contribution in [0.2, 0.25) is 0 Å². The zero-order valence-electron chi connectivity index (χ0n) is 11.9. The van der Waals surface area contributed by atoms with Gasteiger partial charge in [-0.3, -0.25) is 0 Å². The van der Waals surface area contributed by atoms with Gasteiger partial charge in [0.15, 0.2) is 5.82 Å². The van der Waals surface area contributed by atoms with Gasteiger partial charge in [-0.05, 0) is 43.5 Å². The molecule has 100 valence electrons. The normalized spacial score (nSPS) is 10.4. The highest BCUT2D eigenvalue weighted by atomic mass is 16.5. The van der Waals surface area contributed by atoms with Crippen LogP contribution in [0.1, 0.15) is 16.7 Å². The number of nitrogens with zero attached hydrogens (tertiary/aromatic N) is 3. The highest BCUT2D eigenvalue weighted by Gasteiger charge is 2.15. The van der Waals surface area contributed by atoms with Gasteiger partial charge in [-0.15, -0.1) is 5.10 Å². The number of aromatic nitrogens is 3. The average Bonchev–Trinajstić information content (AvgIpc) is 2.43. The van der Waals surface area contributed by atoms with Crippen molar-refractivity contribution < 1.29 is 4.74 Å². The molecule has 0 aliphatic rings.